The van der Waals surface area contributed by atoms with E-state index in [9.17, 15) is 0 Å². The minimum absolute atomic E-state index is 0.465. The van der Waals surface area contributed by atoms with Gasteiger partial charge in [0.15, 0.2) is 10.8 Å². The van der Waals surface area contributed by atoms with Crippen LogP contribution in [0.25, 0.3) is 5.65 Å². The summed E-state index contributed by atoms with van der Waals surface area (Å²) in [6.45, 7) is 5.19. The van der Waals surface area contributed by atoms with E-state index in [1.54, 1.807) is 23.0 Å². The largest absolute Gasteiger partial charge is 0.382 e. The number of rotatable bonds is 3. The second kappa shape index (κ2) is 4.06. The SMILES string of the molecule is CC(C)CNc1cc(Cl)nn2ccnc12. The molecule has 1 N–H and O–H groups in total. The van der Waals surface area contributed by atoms with Crippen molar-refractivity contribution in [2.45, 2.75) is 13.8 Å². The van der Waals surface area contributed by atoms with Crippen molar-refractivity contribution in [1.29, 1.82) is 0 Å². The van der Waals surface area contributed by atoms with Gasteiger partial charge in [-0.25, -0.2) is 9.50 Å². The average molecular weight is 225 g/mol. The fourth-order valence-electron chi connectivity index (χ4n) is 1.33. The van der Waals surface area contributed by atoms with Crippen molar-refractivity contribution >= 4 is 22.9 Å². The topological polar surface area (TPSA) is 42.2 Å². The van der Waals surface area contributed by atoms with Gasteiger partial charge in [0, 0.05) is 25.0 Å². The van der Waals surface area contributed by atoms with Crippen molar-refractivity contribution in [3.05, 3.63) is 23.6 Å². The summed E-state index contributed by atoms with van der Waals surface area (Å²) in [7, 11) is 0. The summed E-state index contributed by atoms with van der Waals surface area (Å²) in [5.41, 5.74) is 1.73. The molecule has 80 valence electrons. The first-order valence-electron chi connectivity index (χ1n) is 4.90. The molecule has 15 heavy (non-hydrogen) atoms. The Kier molecular flexibility index (Phi) is 2.77. The van der Waals surface area contributed by atoms with Gasteiger partial charge in [0.05, 0.1) is 5.69 Å². The van der Waals surface area contributed by atoms with Gasteiger partial charge in [-0.15, -0.1) is 0 Å². The molecule has 0 fully saturated rings. The van der Waals surface area contributed by atoms with Crippen molar-refractivity contribution in [2.24, 2.45) is 5.92 Å². The minimum Gasteiger partial charge on any atom is -0.382 e. The number of nitrogens with one attached hydrogen (secondary N) is 1. The average Bonchev–Trinajstić information content (AvgIpc) is 2.61. The monoisotopic (exact) mass is 224 g/mol. The zero-order valence-corrected chi connectivity index (χ0v) is 9.49. The van der Waals surface area contributed by atoms with Crippen LogP contribution >= 0.6 is 11.6 Å². The third kappa shape index (κ3) is 2.21. The van der Waals surface area contributed by atoms with Crippen LogP contribution in [0.3, 0.4) is 0 Å². The Morgan fingerprint density at radius 2 is 2.33 bits per heavy atom. The van der Waals surface area contributed by atoms with Crippen molar-refractivity contribution in [1.82, 2.24) is 14.6 Å². The summed E-state index contributed by atoms with van der Waals surface area (Å²) in [5, 5.41) is 7.87. The van der Waals surface area contributed by atoms with E-state index in [-0.39, 0.29) is 0 Å². The van der Waals surface area contributed by atoms with Crippen LogP contribution in [0.5, 0.6) is 0 Å². The molecule has 0 aliphatic heterocycles. The molecule has 2 heterocycles. The zero-order chi connectivity index (χ0) is 10.8. The highest BCUT2D eigenvalue weighted by Crippen LogP contribution is 2.18. The van der Waals surface area contributed by atoms with Gasteiger partial charge in [-0.05, 0) is 5.92 Å². The Morgan fingerprint density at radius 3 is 3.07 bits per heavy atom. The smallest absolute Gasteiger partial charge is 0.177 e. The van der Waals surface area contributed by atoms with E-state index >= 15 is 0 Å². The standard InChI is InChI=1S/C10H13ClN4/c1-7(2)6-13-8-5-9(11)14-15-4-3-12-10(8)15/h3-5,7,13H,6H2,1-2H3. The molecular formula is C10H13ClN4. The van der Waals surface area contributed by atoms with E-state index < -0.39 is 0 Å². The van der Waals surface area contributed by atoms with Gasteiger partial charge in [0.1, 0.15) is 0 Å². The Balaban J connectivity index is 2.35. The quantitative estimate of drug-likeness (QED) is 0.871. The lowest BCUT2D eigenvalue weighted by atomic mass is 10.2. The van der Waals surface area contributed by atoms with Crippen molar-refractivity contribution in [3.63, 3.8) is 0 Å². The highest BCUT2D eigenvalue weighted by molar-refractivity contribution is 6.29. The molecule has 0 aromatic carbocycles. The Bertz CT molecular complexity index is 463. The van der Waals surface area contributed by atoms with Gasteiger partial charge >= 0.3 is 0 Å². The predicted molar refractivity (Wildman–Crippen MR) is 61.3 cm³/mol. The van der Waals surface area contributed by atoms with Gasteiger partial charge in [0.2, 0.25) is 0 Å². The van der Waals surface area contributed by atoms with Crippen molar-refractivity contribution in [2.75, 3.05) is 11.9 Å². The summed E-state index contributed by atoms with van der Waals surface area (Å²) in [4.78, 5) is 4.22. The van der Waals surface area contributed by atoms with E-state index in [0.717, 1.165) is 17.9 Å². The molecule has 5 heteroatoms. The lowest BCUT2D eigenvalue weighted by Crippen LogP contribution is -2.09. The van der Waals surface area contributed by atoms with E-state index in [1.807, 2.05) is 0 Å². The number of aromatic nitrogens is 3. The maximum Gasteiger partial charge on any atom is 0.177 e. The first-order valence-corrected chi connectivity index (χ1v) is 5.28. The number of fused-ring (bicyclic) bond motifs is 1. The third-order valence-corrected chi connectivity index (χ3v) is 2.21. The van der Waals surface area contributed by atoms with Crippen LogP contribution in [0, 0.1) is 5.92 Å². The van der Waals surface area contributed by atoms with Gasteiger partial charge in [-0.2, -0.15) is 5.10 Å². The first-order chi connectivity index (χ1) is 7.16. The molecule has 0 radical (unpaired) electrons. The number of anilines is 1. The molecule has 0 aliphatic carbocycles. The third-order valence-electron chi connectivity index (χ3n) is 2.03. The summed E-state index contributed by atoms with van der Waals surface area (Å²) < 4.78 is 1.67. The molecule has 2 aromatic heterocycles. The van der Waals surface area contributed by atoms with Crippen molar-refractivity contribution in [3.8, 4) is 0 Å². The second-order valence-electron chi connectivity index (χ2n) is 3.85. The Morgan fingerprint density at radius 1 is 1.53 bits per heavy atom. The summed E-state index contributed by atoms with van der Waals surface area (Å²) in [5.74, 6) is 0.576. The number of halogens is 1. The highest BCUT2D eigenvalue weighted by Gasteiger charge is 2.05. The van der Waals surface area contributed by atoms with Crippen LogP contribution in [0.1, 0.15) is 13.8 Å². The van der Waals surface area contributed by atoms with Gasteiger partial charge in [-0.3, -0.25) is 0 Å². The van der Waals surface area contributed by atoms with Crippen LogP contribution in [-0.2, 0) is 0 Å². The van der Waals surface area contributed by atoms with E-state index in [1.165, 1.54) is 0 Å². The lowest BCUT2D eigenvalue weighted by molar-refractivity contribution is 0.688. The Labute approximate surface area is 93.3 Å². The van der Waals surface area contributed by atoms with Crippen molar-refractivity contribution < 1.29 is 0 Å². The number of hydrogen-bond donors (Lipinski definition) is 1. The van der Waals surface area contributed by atoms with E-state index in [2.05, 4.69) is 29.2 Å². The molecule has 0 aliphatic rings. The van der Waals surface area contributed by atoms with Crippen LogP contribution in [0.15, 0.2) is 18.5 Å². The number of nitrogens with zero attached hydrogens (tertiary/aromatic N) is 3. The predicted octanol–water partition coefficient (Wildman–Crippen LogP) is 2.45. The summed E-state index contributed by atoms with van der Waals surface area (Å²) in [6, 6.07) is 1.80. The molecule has 0 saturated carbocycles. The molecule has 2 aromatic rings. The molecule has 0 atom stereocenters. The maximum atomic E-state index is 5.90. The molecule has 0 saturated heterocycles. The summed E-state index contributed by atoms with van der Waals surface area (Å²) >= 11 is 5.90. The second-order valence-corrected chi connectivity index (χ2v) is 4.24. The van der Waals surface area contributed by atoms with Crippen LogP contribution in [-0.4, -0.2) is 21.1 Å². The zero-order valence-electron chi connectivity index (χ0n) is 8.74. The van der Waals surface area contributed by atoms with Gasteiger partial charge < -0.3 is 5.32 Å². The Hall–Kier alpha value is -1.29. The normalized spacial score (nSPS) is 11.2. The maximum absolute atomic E-state index is 5.90. The highest BCUT2D eigenvalue weighted by atomic mass is 35.5. The van der Waals surface area contributed by atoms with Gasteiger partial charge in [0.25, 0.3) is 0 Å². The molecular weight excluding hydrogens is 212 g/mol. The van der Waals surface area contributed by atoms with Crippen LogP contribution in [0.2, 0.25) is 5.15 Å². The van der Waals surface area contributed by atoms with E-state index in [4.69, 9.17) is 11.6 Å². The molecule has 4 nitrogen and oxygen atoms in total. The fourth-order valence-corrected chi connectivity index (χ4v) is 1.52. The summed E-state index contributed by atoms with van der Waals surface area (Å²) in [6.07, 6.45) is 3.49. The number of hydrogen-bond acceptors (Lipinski definition) is 3. The fraction of sp³-hybridized carbons (Fsp3) is 0.400. The lowest BCUT2D eigenvalue weighted by Gasteiger charge is -2.09. The van der Waals surface area contributed by atoms with Crippen LogP contribution in [0.4, 0.5) is 5.69 Å². The van der Waals surface area contributed by atoms with Gasteiger partial charge in [-0.1, -0.05) is 25.4 Å². The molecule has 2 rings (SSSR count). The molecule has 0 spiro atoms. The molecule has 0 amide bonds. The van der Waals surface area contributed by atoms with E-state index in [0.29, 0.717) is 11.1 Å². The van der Waals surface area contributed by atoms with Crippen LogP contribution < -0.4 is 5.32 Å². The molecule has 0 unspecified atom stereocenters. The first kappa shape index (κ1) is 10.2. The number of imidazole rings is 1. The minimum atomic E-state index is 0.465. The molecule has 0 bridgehead atoms.